The first-order chi connectivity index (χ1) is 13.6. The van der Waals surface area contributed by atoms with Gasteiger partial charge in [0.25, 0.3) is 5.56 Å². The van der Waals surface area contributed by atoms with Crippen LogP contribution in [0.2, 0.25) is 0 Å². The zero-order chi connectivity index (χ0) is 19.7. The van der Waals surface area contributed by atoms with Crippen LogP contribution in [0.25, 0.3) is 33.3 Å². The lowest BCUT2D eigenvalue weighted by Crippen LogP contribution is -2.22. The molecule has 2 heterocycles. The Labute approximate surface area is 161 Å². The van der Waals surface area contributed by atoms with Crippen LogP contribution in [0.5, 0.6) is 0 Å². The van der Waals surface area contributed by atoms with E-state index in [0.717, 1.165) is 23.1 Å². The quantitative estimate of drug-likeness (QED) is 0.560. The summed E-state index contributed by atoms with van der Waals surface area (Å²) in [5.41, 5.74) is 4.47. The number of nitriles is 1. The second-order valence-electron chi connectivity index (χ2n) is 6.63. The third-order valence-corrected chi connectivity index (χ3v) is 4.75. The van der Waals surface area contributed by atoms with Gasteiger partial charge in [0.15, 0.2) is 5.69 Å². The molecule has 0 aliphatic rings. The monoisotopic (exact) mass is 373 g/mol. The minimum atomic E-state index is -0.264. The van der Waals surface area contributed by atoms with Crippen LogP contribution in [0.3, 0.4) is 0 Å². The second kappa shape index (κ2) is 7.18. The fourth-order valence-corrected chi connectivity index (χ4v) is 3.18. The molecule has 0 atom stereocenters. The first-order valence-corrected chi connectivity index (χ1v) is 8.86. The third-order valence-electron chi connectivity index (χ3n) is 4.75. The summed E-state index contributed by atoms with van der Waals surface area (Å²) < 4.78 is 5.13. The van der Waals surface area contributed by atoms with Crippen molar-refractivity contribution in [2.45, 2.75) is 0 Å². The minimum Gasteiger partial charge on any atom is -0.383 e. The number of nitrogens with one attached hydrogen (secondary N) is 2. The van der Waals surface area contributed by atoms with E-state index in [9.17, 15) is 4.79 Å². The van der Waals surface area contributed by atoms with Gasteiger partial charge in [0.1, 0.15) is 0 Å². The van der Waals surface area contributed by atoms with Crippen LogP contribution in [-0.2, 0) is 4.74 Å². The van der Waals surface area contributed by atoms with Crippen LogP contribution >= 0.6 is 0 Å². The molecule has 0 aliphatic carbocycles. The maximum atomic E-state index is 12.6. The Morgan fingerprint density at radius 1 is 1.14 bits per heavy atom. The lowest BCUT2D eigenvalue weighted by Gasteiger charge is -2.19. The van der Waals surface area contributed by atoms with Gasteiger partial charge in [-0.25, -0.2) is 4.98 Å². The molecule has 7 nitrogen and oxygen atoms in total. The van der Waals surface area contributed by atoms with Gasteiger partial charge >= 0.3 is 0 Å². The Kier molecular flexibility index (Phi) is 4.55. The van der Waals surface area contributed by atoms with Crippen LogP contribution in [0.4, 0.5) is 5.69 Å². The summed E-state index contributed by atoms with van der Waals surface area (Å²) >= 11 is 0. The van der Waals surface area contributed by atoms with Crippen LogP contribution in [0.1, 0.15) is 5.56 Å². The van der Waals surface area contributed by atoms with E-state index in [1.807, 2.05) is 37.4 Å². The number of aromatic amines is 2. The molecule has 0 aliphatic heterocycles. The molecule has 7 heteroatoms. The number of hydrogen-bond donors (Lipinski definition) is 2. The molecule has 0 bridgehead atoms. The van der Waals surface area contributed by atoms with Crippen molar-refractivity contribution >= 4 is 27.6 Å². The minimum absolute atomic E-state index is 0.264. The van der Waals surface area contributed by atoms with Gasteiger partial charge in [-0.2, -0.15) is 5.26 Å². The Bertz CT molecular complexity index is 1270. The number of hydrogen-bond acceptors (Lipinski definition) is 5. The molecular weight excluding hydrogens is 354 g/mol. The smallest absolute Gasteiger partial charge is 0.276 e. The zero-order valence-electron chi connectivity index (χ0n) is 15.6. The van der Waals surface area contributed by atoms with E-state index < -0.39 is 0 Å². The summed E-state index contributed by atoms with van der Waals surface area (Å²) in [4.78, 5) is 25.4. The van der Waals surface area contributed by atoms with Crippen molar-refractivity contribution in [3.05, 3.63) is 58.4 Å². The highest BCUT2D eigenvalue weighted by molar-refractivity contribution is 5.87. The number of H-pyrrole nitrogens is 2. The molecule has 0 radical (unpaired) electrons. The molecule has 0 amide bonds. The SMILES string of the molecule is COCCN(C)c1ccc2[nH]c(=O)c(-c3cc4cc(C#N)ccc4[nH]3)nc2c1. The molecule has 0 unspecified atom stereocenters. The molecule has 2 aromatic carbocycles. The van der Waals surface area contributed by atoms with E-state index in [1.54, 1.807) is 19.2 Å². The van der Waals surface area contributed by atoms with Crippen molar-refractivity contribution in [3.63, 3.8) is 0 Å². The molecule has 0 spiro atoms. The lowest BCUT2D eigenvalue weighted by molar-refractivity contribution is 0.206. The predicted molar refractivity (Wildman–Crippen MR) is 110 cm³/mol. The average molecular weight is 373 g/mol. The highest BCUT2D eigenvalue weighted by atomic mass is 16.5. The fraction of sp³-hybridized carbons (Fsp3) is 0.190. The zero-order valence-corrected chi connectivity index (χ0v) is 15.6. The second-order valence-corrected chi connectivity index (χ2v) is 6.63. The molecule has 0 saturated carbocycles. The number of rotatable bonds is 5. The molecule has 4 aromatic rings. The molecular formula is C21H19N5O2. The number of ether oxygens (including phenoxy) is 1. The summed E-state index contributed by atoms with van der Waals surface area (Å²) in [6.45, 7) is 1.38. The molecule has 140 valence electrons. The van der Waals surface area contributed by atoms with Crippen LogP contribution in [-0.4, -0.2) is 42.3 Å². The van der Waals surface area contributed by atoms with E-state index in [-0.39, 0.29) is 5.56 Å². The Morgan fingerprint density at radius 2 is 1.96 bits per heavy atom. The van der Waals surface area contributed by atoms with Gasteiger partial charge in [-0.05, 0) is 42.5 Å². The number of fused-ring (bicyclic) bond motifs is 2. The summed E-state index contributed by atoms with van der Waals surface area (Å²) in [6.07, 6.45) is 0. The van der Waals surface area contributed by atoms with Crippen molar-refractivity contribution < 1.29 is 4.74 Å². The topological polar surface area (TPSA) is 97.8 Å². The highest BCUT2D eigenvalue weighted by Crippen LogP contribution is 2.24. The van der Waals surface area contributed by atoms with Gasteiger partial charge in [-0.1, -0.05) is 0 Å². The van der Waals surface area contributed by atoms with E-state index >= 15 is 0 Å². The molecule has 2 N–H and O–H groups in total. The van der Waals surface area contributed by atoms with Gasteiger partial charge in [-0.15, -0.1) is 0 Å². The van der Waals surface area contributed by atoms with Crippen LogP contribution < -0.4 is 10.5 Å². The van der Waals surface area contributed by atoms with Crippen molar-refractivity contribution in [1.29, 1.82) is 5.26 Å². The number of anilines is 1. The Morgan fingerprint density at radius 3 is 2.75 bits per heavy atom. The van der Waals surface area contributed by atoms with E-state index in [4.69, 9.17) is 10.00 Å². The number of nitrogens with zero attached hydrogens (tertiary/aromatic N) is 3. The van der Waals surface area contributed by atoms with Gasteiger partial charge in [0.2, 0.25) is 0 Å². The Balaban J connectivity index is 1.79. The fourth-order valence-electron chi connectivity index (χ4n) is 3.18. The van der Waals surface area contributed by atoms with Gasteiger partial charge < -0.3 is 19.6 Å². The number of likely N-dealkylation sites (N-methyl/N-ethyl adjacent to an activating group) is 1. The number of aromatic nitrogens is 3. The summed E-state index contributed by atoms with van der Waals surface area (Å²) in [7, 11) is 3.66. The van der Waals surface area contributed by atoms with Gasteiger partial charge in [0.05, 0.1) is 35.0 Å². The van der Waals surface area contributed by atoms with Gasteiger partial charge in [0, 0.05) is 37.3 Å². The summed E-state index contributed by atoms with van der Waals surface area (Å²) in [5.74, 6) is 0. The predicted octanol–water partition coefficient (Wildman–Crippen LogP) is 3.03. The molecule has 2 aromatic heterocycles. The summed E-state index contributed by atoms with van der Waals surface area (Å²) in [5, 5.41) is 9.93. The Hall–Kier alpha value is -3.63. The molecule has 4 rings (SSSR count). The lowest BCUT2D eigenvalue weighted by atomic mass is 10.1. The van der Waals surface area contributed by atoms with Crippen molar-refractivity contribution in [2.24, 2.45) is 0 Å². The average Bonchev–Trinajstić information content (AvgIpc) is 3.14. The molecule has 0 saturated heterocycles. The van der Waals surface area contributed by atoms with E-state index in [2.05, 4.69) is 25.9 Å². The van der Waals surface area contributed by atoms with E-state index in [0.29, 0.717) is 34.6 Å². The molecule has 28 heavy (non-hydrogen) atoms. The first-order valence-electron chi connectivity index (χ1n) is 8.86. The van der Waals surface area contributed by atoms with Crippen LogP contribution in [0, 0.1) is 11.3 Å². The summed E-state index contributed by atoms with van der Waals surface area (Å²) in [6, 6.07) is 15.1. The van der Waals surface area contributed by atoms with Crippen molar-refractivity contribution in [2.75, 3.05) is 32.2 Å². The van der Waals surface area contributed by atoms with Crippen LogP contribution in [0.15, 0.2) is 47.3 Å². The first kappa shape index (κ1) is 17.8. The number of benzene rings is 2. The maximum Gasteiger partial charge on any atom is 0.276 e. The standard InChI is InChI=1S/C21H19N5O2/c1-26(7-8-28-2)15-4-6-17-18(11-15)24-20(21(27)25-17)19-10-14-9-13(12-22)3-5-16(14)23-19/h3-6,9-11,23H,7-8H2,1-2H3,(H,25,27). The molecule has 0 fully saturated rings. The van der Waals surface area contributed by atoms with Crippen molar-refractivity contribution in [1.82, 2.24) is 15.0 Å². The largest absolute Gasteiger partial charge is 0.383 e. The third kappa shape index (κ3) is 3.21. The number of methoxy groups -OCH3 is 1. The highest BCUT2D eigenvalue weighted by Gasteiger charge is 2.12. The maximum absolute atomic E-state index is 12.6. The van der Waals surface area contributed by atoms with Gasteiger partial charge in [-0.3, -0.25) is 4.79 Å². The normalized spacial score (nSPS) is 11.0. The van der Waals surface area contributed by atoms with Crippen molar-refractivity contribution in [3.8, 4) is 17.5 Å². The van der Waals surface area contributed by atoms with E-state index in [1.165, 1.54) is 0 Å².